The van der Waals surface area contributed by atoms with E-state index in [1.165, 1.54) is 11.1 Å². The molecule has 3 N–H and O–H groups in total. The molecule has 0 spiro atoms. The summed E-state index contributed by atoms with van der Waals surface area (Å²) < 4.78 is 5.68. The van der Waals surface area contributed by atoms with E-state index in [0.717, 1.165) is 11.4 Å². The van der Waals surface area contributed by atoms with Crippen molar-refractivity contribution in [3.8, 4) is 5.75 Å². The highest BCUT2D eigenvalue weighted by Gasteiger charge is 2.39. The zero-order chi connectivity index (χ0) is 13.7. The summed E-state index contributed by atoms with van der Waals surface area (Å²) in [4.78, 5) is 11.8. The average Bonchev–Trinajstić information content (AvgIpc) is 2.64. The Labute approximate surface area is 113 Å². The predicted octanol–water partition coefficient (Wildman–Crippen LogP) is 2.20. The van der Waals surface area contributed by atoms with E-state index >= 15 is 0 Å². The molecular weight excluding hydrogens is 240 g/mol. The van der Waals surface area contributed by atoms with Crippen molar-refractivity contribution in [3.63, 3.8) is 0 Å². The minimum absolute atomic E-state index is 0.0797. The topological polar surface area (TPSA) is 64.3 Å². The molecule has 4 nitrogen and oxygen atoms in total. The molecule has 0 fully saturated rings. The number of hydrogen-bond acceptors (Lipinski definition) is 3. The molecule has 4 heteroatoms. The van der Waals surface area contributed by atoms with Gasteiger partial charge in [-0.3, -0.25) is 4.79 Å². The lowest BCUT2D eigenvalue weighted by Crippen LogP contribution is -2.35. The van der Waals surface area contributed by atoms with Crippen LogP contribution in [-0.4, -0.2) is 18.6 Å². The summed E-state index contributed by atoms with van der Waals surface area (Å²) in [6.07, 6.45) is -0.432. The lowest BCUT2D eigenvalue weighted by molar-refractivity contribution is -0.122. The number of fused-ring (bicyclic) bond motifs is 3. The van der Waals surface area contributed by atoms with Gasteiger partial charge in [0, 0.05) is 5.92 Å². The Bertz CT molecular complexity index is 541. The molecule has 3 rings (SSSR count). The SMILES string of the molecule is CC1Oc2ccc3c(c2NC1=O)C(CN)C(C)C3C. The highest BCUT2D eigenvalue weighted by atomic mass is 16.5. The number of carbonyl (C=O) groups is 1. The maximum Gasteiger partial charge on any atom is 0.265 e. The van der Waals surface area contributed by atoms with Crippen molar-refractivity contribution in [2.45, 2.75) is 38.7 Å². The van der Waals surface area contributed by atoms with Gasteiger partial charge in [0.05, 0.1) is 5.69 Å². The minimum atomic E-state index is -0.432. The smallest absolute Gasteiger partial charge is 0.265 e. The first-order chi connectivity index (χ1) is 9.04. The van der Waals surface area contributed by atoms with Crippen molar-refractivity contribution in [1.82, 2.24) is 0 Å². The molecule has 102 valence electrons. The second-order valence-corrected chi connectivity index (χ2v) is 5.68. The van der Waals surface area contributed by atoms with E-state index in [0.29, 0.717) is 18.4 Å². The molecule has 1 aromatic rings. The van der Waals surface area contributed by atoms with E-state index in [2.05, 4.69) is 25.2 Å². The van der Waals surface area contributed by atoms with Crippen LogP contribution in [0.1, 0.15) is 43.7 Å². The first-order valence-corrected chi connectivity index (χ1v) is 6.89. The number of rotatable bonds is 1. The molecule has 1 aliphatic heterocycles. The number of nitrogens with two attached hydrogens (primary N) is 1. The van der Waals surface area contributed by atoms with Gasteiger partial charge in [0.25, 0.3) is 5.91 Å². The highest BCUT2D eigenvalue weighted by molar-refractivity contribution is 5.98. The van der Waals surface area contributed by atoms with Gasteiger partial charge in [-0.25, -0.2) is 0 Å². The van der Waals surface area contributed by atoms with Gasteiger partial charge in [0.2, 0.25) is 0 Å². The highest BCUT2D eigenvalue weighted by Crippen LogP contribution is 2.51. The van der Waals surface area contributed by atoms with Crippen LogP contribution in [0, 0.1) is 5.92 Å². The third kappa shape index (κ3) is 1.66. The van der Waals surface area contributed by atoms with Crippen LogP contribution in [0.5, 0.6) is 5.75 Å². The summed E-state index contributed by atoms with van der Waals surface area (Å²) in [5, 5.41) is 3.00. The molecule has 4 atom stereocenters. The number of carbonyl (C=O) groups excluding carboxylic acids is 1. The Kier molecular flexibility index (Phi) is 2.78. The van der Waals surface area contributed by atoms with Crippen molar-refractivity contribution >= 4 is 11.6 Å². The number of benzene rings is 1. The molecule has 1 heterocycles. The molecule has 0 aromatic heterocycles. The third-order valence-corrected chi connectivity index (χ3v) is 4.70. The summed E-state index contributed by atoms with van der Waals surface area (Å²) in [6.45, 7) is 6.81. The molecule has 2 aliphatic rings. The molecule has 0 bridgehead atoms. The fourth-order valence-electron chi connectivity index (χ4n) is 3.34. The Hall–Kier alpha value is -1.55. The number of nitrogens with one attached hydrogen (secondary N) is 1. The van der Waals surface area contributed by atoms with Gasteiger partial charge in [0.1, 0.15) is 5.75 Å². The van der Waals surface area contributed by atoms with E-state index in [1.807, 2.05) is 6.07 Å². The fraction of sp³-hybridized carbons (Fsp3) is 0.533. The molecular formula is C15H20N2O2. The van der Waals surface area contributed by atoms with Crippen molar-refractivity contribution in [2.24, 2.45) is 11.7 Å². The fourth-order valence-corrected chi connectivity index (χ4v) is 3.34. The van der Waals surface area contributed by atoms with Crippen molar-refractivity contribution < 1.29 is 9.53 Å². The molecule has 1 amide bonds. The monoisotopic (exact) mass is 260 g/mol. The van der Waals surface area contributed by atoms with E-state index in [9.17, 15) is 4.79 Å². The first kappa shape index (κ1) is 12.5. The quantitative estimate of drug-likeness (QED) is 0.813. The van der Waals surface area contributed by atoms with Crippen LogP contribution in [0.4, 0.5) is 5.69 Å². The Morgan fingerprint density at radius 3 is 2.74 bits per heavy atom. The number of anilines is 1. The Morgan fingerprint density at radius 1 is 1.32 bits per heavy atom. The molecule has 0 saturated carbocycles. The number of ether oxygens (including phenoxy) is 1. The number of amides is 1. The van der Waals surface area contributed by atoms with Gasteiger partial charge >= 0.3 is 0 Å². The normalized spacial score (nSPS) is 32.3. The minimum Gasteiger partial charge on any atom is -0.479 e. The number of hydrogen-bond donors (Lipinski definition) is 2. The van der Waals surface area contributed by atoms with E-state index in [1.54, 1.807) is 6.92 Å². The predicted molar refractivity (Wildman–Crippen MR) is 74.5 cm³/mol. The van der Waals surface area contributed by atoms with Crippen LogP contribution in [0.3, 0.4) is 0 Å². The molecule has 1 aromatic carbocycles. The molecule has 4 unspecified atom stereocenters. The standard InChI is InChI=1S/C15H20N2O2/c1-7-8(2)11(6-16)13-10(7)4-5-12-14(13)17-15(18)9(3)19-12/h4-5,7-9,11H,6,16H2,1-3H3,(H,17,18). The maximum atomic E-state index is 11.8. The lowest BCUT2D eigenvalue weighted by Gasteiger charge is -2.27. The summed E-state index contributed by atoms with van der Waals surface area (Å²) in [7, 11) is 0. The van der Waals surface area contributed by atoms with Crippen LogP contribution in [0.25, 0.3) is 0 Å². The van der Waals surface area contributed by atoms with Crippen molar-refractivity contribution in [2.75, 3.05) is 11.9 Å². The first-order valence-electron chi connectivity index (χ1n) is 6.89. The molecule has 19 heavy (non-hydrogen) atoms. The van der Waals surface area contributed by atoms with Crippen LogP contribution in [0.15, 0.2) is 12.1 Å². The zero-order valence-corrected chi connectivity index (χ0v) is 11.6. The van der Waals surface area contributed by atoms with Crippen LogP contribution < -0.4 is 15.8 Å². The summed E-state index contributed by atoms with van der Waals surface area (Å²) >= 11 is 0. The summed E-state index contributed by atoms with van der Waals surface area (Å²) in [5.41, 5.74) is 9.26. The van der Waals surface area contributed by atoms with Gasteiger partial charge in [-0.1, -0.05) is 19.9 Å². The Balaban J connectivity index is 2.16. The van der Waals surface area contributed by atoms with Crippen LogP contribution in [-0.2, 0) is 4.79 Å². The zero-order valence-electron chi connectivity index (χ0n) is 11.6. The molecule has 1 aliphatic carbocycles. The van der Waals surface area contributed by atoms with Gasteiger partial charge in [-0.15, -0.1) is 0 Å². The molecule has 0 radical (unpaired) electrons. The average molecular weight is 260 g/mol. The lowest BCUT2D eigenvalue weighted by atomic mass is 9.89. The summed E-state index contributed by atoms with van der Waals surface area (Å²) in [5.74, 6) is 1.93. The molecule has 0 saturated heterocycles. The van der Waals surface area contributed by atoms with E-state index in [4.69, 9.17) is 10.5 Å². The van der Waals surface area contributed by atoms with E-state index in [-0.39, 0.29) is 11.8 Å². The Morgan fingerprint density at radius 2 is 2.05 bits per heavy atom. The van der Waals surface area contributed by atoms with Crippen molar-refractivity contribution in [1.29, 1.82) is 0 Å². The van der Waals surface area contributed by atoms with E-state index < -0.39 is 6.10 Å². The van der Waals surface area contributed by atoms with Crippen molar-refractivity contribution in [3.05, 3.63) is 23.3 Å². The van der Waals surface area contributed by atoms with Gasteiger partial charge in [-0.2, -0.15) is 0 Å². The third-order valence-electron chi connectivity index (χ3n) is 4.70. The van der Waals surface area contributed by atoms with Crippen LogP contribution >= 0.6 is 0 Å². The largest absolute Gasteiger partial charge is 0.479 e. The van der Waals surface area contributed by atoms with Gasteiger partial charge < -0.3 is 15.8 Å². The van der Waals surface area contributed by atoms with Gasteiger partial charge in [0.15, 0.2) is 6.10 Å². The van der Waals surface area contributed by atoms with Crippen LogP contribution in [0.2, 0.25) is 0 Å². The second kappa shape index (κ2) is 4.23. The summed E-state index contributed by atoms with van der Waals surface area (Å²) in [6, 6.07) is 4.08. The maximum absolute atomic E-state index is 11.8. The van der Waals surface area contributed by atoms with Gasteiger partial charge in [-0.05, 0) is 42.5 Å². The second-order valence-electron chi connectivity index (χ2n) is 5.68.